The SMILES string of the molecule is CCCC1CCCCN1C1CCC(NC)CC1. The molecule has 100 valence electrons. The highest BCUT2D eigenvalue weighted by atomic mass is 15.2. The van der Waals surface area contributed by atoms with Crippen LogP contribution in [0.5, 0.6) is 0 Å². The van der Waals surface area contributed by atoms with Gasteiger partial charge in [0.1, 0.15) is 0 Å². The fraction of sp³-hybridized carbons (Fsp3) is 1.00. The molecule has 1 aliphatic heterocycles. The molecule has 1 heterocycles. The Morgan fingerprint density at radius 1 is 1.06 bits per heavy atom. The van der Waals surface area contributed by atoms with Gasteiger partial charge >= 0.3 is 0 Å². The van der Waals surface area contributed by atoms with Crippen molar-refractivity contribution in [1.29, 1.82) is 0 Å². The average molecular weight is 238 g/mol. The fourth-order valence-electron chi connectivity index (χ4n) is 3.84. The lowest BCUT2D eigenvalue weighted by Crippen LogP contribution is -2.48. The van der Waals surface area contributed by atoms with Gasteiger partial charge in [-0.1, -0.05) is 19.8 Å². The van der Waals surface area contributed by atoms with Gasteiger partial charge in [-0.15, -0.1) is 0 Å². The third-order valence-electron chi connectivity index (χ3n) is 4.87. The topological polar surface area (TPSA) is 15.3 Å². The molecule has 2 rings (SSSR count). The van der Waals surface area contributed by atoms with Gasteiger partial charge in [0.15, 0.2) is 0 Å². The molecule has 0 amide bonds. The molecule has 1 saturated heterocycles. The van der Waals surface area contributed by atoms with Crippen molar-refractivity contribution in [2.45, 2.75) is 82.8 Å². The van der Waals surface area contributed by atoms with Crippen LogP contribution in [0, 0.1) is 0 Å². The monoisotopic (exact) mass is 238 g/mol. The Balaban J connectivity index is 1.86. The van der Waals surface area contributed by atoms with Crippen molar-refractivity contribution in [3.8, 4) is 0 Å². The molecule has 0 aromatic carbocycles. The molecule has 0 aromatic rings. The summed E-state index contributed by atoms with van der Waals surface area (Å²) in [5, 5.41) is 3.45. The molecule has 0 radical (unpaired) electrons. The number of rotatable bonds is 4. The van der Waals surface area contributed by atoms with E-state index >= 15 is 0 Å². The van der Waals surface area contributed by atoms with Gasteiger partial charge in [0.05, 0.1) is 0 Å². The Bertz CT molecular complexity index is 207. The maximum atomic E-state index is 3.45. The number of likely N-dealkylation sites (tertiary alicyclic amines) is 1. The molecular weight excluding hydrogens is 208 g/mol. The van der Waals surface area contributed by atoms with Gasteiger partial charge in [-0.05, 0) is 58.5 Å². The van der Waals surface area contributed by atoms with Gasteiger partial charge in [-0.25, -0.2) is 0 Å². The van der Waals surface area contributed by atoms with E-state index in [1.807, 2.05) is 0 Å². The van der Waals surface area contributed by atoms with Gasteiger partial charge in [0.2, 0.25) is 0 Å². The van der Waals surface area contributed by atoms with Gasteiger partial charge in [0, 0.05) is 18.1 Å². The maximum Gasteiger partial charge on any atom is 0.00993 e. The van der Waals surface area contributed by atoms with Crippen LogP contribution in [0.2, 0.25) is 0 Å². The molecule has 1 aliphatic carbocycles. The molecule has 0 aromatic heterocycles. The van der Waals surface area contributed by atoms with Crippen LogP contribution in [0.1, 0.15) is 64.7 Å². The number of piperidine rings is 1. The molecule has 2 heteroatoms. The van der Waals surface area contributed by atoms with Crippen molar-refractivity contribution < 1.29 is 0 Å². The quantitative estimate of drug-likeness (QED) is 0.809. The lowest BCUT2D eigenvalue weighted by molar-refractivity contribution is 0.0625. The van der Waals surface area contributed by atoms with E-state index in [0.29, 0.717) is 0 Å². The van der Waals surface area contributed by atoms with E-state index in [2.05, 4.69) is 24.2 Å². The van der Waals surface area contributed by atoms with Crippen LogP contribution in [-0.2, 0) is 0 Å². The Morgan fingerprint density at radius 3 is 2.47 bits per heavy atom. The van der Waals surface area contributed by atoms with Crippen LogP contribution in [0.3, 0.4) is 0 Å². The normalized spacial score (nSPS) is 36.0. The highest BCUT2D eigenvalue weighted by Crippen LogP contribution is 2.30. The lowest BCUT2D eigenvalue weighted by Gasteiger charge is -2.44. The van der Waals surface area contributed by atoms with E-state index in [9.17, 15) is 0 Å². The number of hydrogen-bond acceptors (Lipinski definition) is 2. The summed E-state index contributed by atoms with van der Waals surface area (Å²) in [6, 6.07) is 2.60. The second-order valence-electron chi connectivity index (χ2n) is 5.97. The van der Waals surface area contributed by atoms with E-state index in [4.69, 9.17) is 0 Å². The largest absolute Gasteiger partial charge is 0.317 e. The van der Waals surface area contributed by atoms with Gasteiger partial charge in [-0.3, -0.25) is 4.90 Å². The molecule has 2 fully saturated rings. The molecule has 1 atom stereocenters. The van der Waals surface area contributed by atoms with Crippen molar-refractivity contribution in [2.24, 2.45) is 0 Å². The van der Waals surface area contributed by atoms with Crippen molar-refractivity contribution in [2.75, 3.05) is 13.6 Å². The summed E-state index contributed by atoms with van der Waals surface area (Å²) in [5.74, 6) is 0. The van der Waals surface area contributed by atoms with Crippen LogP contribution >= 0.6 is 0 Å². The summed E-state index contributed by atoms with van der Waals surface area (Å²) in [5.41, 5.74) is 0. The van der Waals surface area contributed by atoms with Crippen LogP contribution in [-0.4, -0.2) is 36.6 Å². The first-order valence-electron chi connectivity index (χ1n) is 7.78. The van der Waals surface area contributed by atoms with Crippen LogP contribution < -0.4 is 5.32 Å². The zero-order valence-electron chi connectivity index (χ0n) is 11.8. The predicted molar refractivity (Wildman–Crippen MR) is 74.4 cm³/mol. The smallest absolute Gasteiger partial charge is 0.00993 e. The second-order valence-corrected chi connectivity index (χ2v) is 5.97. The first-order valence-corrected chi connectivity index (χ1v) is 7.78. The second kappa shape index (κ2) is 6.75. The Morgan fingerprint density at radius 2 is 1.82 bits per heavy atom. The molecule has 17 heavy (non-hydrogen) atoms. The average Bonchev–Trinajstić information content (AvgIpc) is 2.40. The van der Waals surface area contributed by atoms with Crippen molar-refractivity contribution in [3.05, 3.63) is 0 Å². The maximum absolute atomic E-state index is 3.45. The number of nitrogens with zero attached hydrogens (tertiary/aromatic N) is 1. The summed E-state index contributed by atoms with van der Waals surface area (Å²) in [6.07, 6.45) is 12.8. The highest BCUT2D eigenvalue weighted by Gasteiger charge is 2.30. The summed E-state index contributed by atoms with van der Waals surface area (Å²) < 4.78 is 0. The van der Waals surface area contributed by atoms with E-state index < -0.39 is 0 Å². The fourth-order valence-corrected chi connectivity index (χ4v) is 3.84. The lowest BCUT2D eigenvalue weighted by atomic mass is 9.87. The molecule has 1 unspecified atom stereocenters. The zero-order valence-corrected chi connectivity index (χ0v) is 11.8. The van der Waals surface area contributed by atoms with Crippen molar-refractivity contribution in [1.82, 2.24) is 10.2 Å². The van der Waals surface area contributed by atoms with Gasteiger partial charge in [0.25, 0.3) is 0 Å². The van der Waals surface area contributed by atoms with Gasteiger partial charge < -0.3 is 5.32 Å². The minimum Gasteiger partial charge on any atom is -0.317 e. The third-order valence-corrected chi connectivity index (χ3v) is 4.87. The van der Waals surface area contributed by atoms with Gasteiger partial charge in [-0.2, -0.15) is 0 Å². The highest BCUT2D eigenvalue weighted by molar-refractivity contribution is 4.87. The molecule has 0 spiro atoms. The molecule has 0 bridgehead atoms. The van der Waals surface area contributed by atoms with E-state index in [0.717, 1.165) is 18.1 Å². The van der Waals surface area contributed by atoms with Crippen LogP contribution in [0.25, 0.3) is 0 Å². The minimum atomic E-state index is 0.792. The minimum absolute atomic E-state index is 0.792. The Labute approximate surface area is 107 Å². The van der Waals surface area contributed by atoms with Crippen LogP contribution in [0.15, 0.2) is 0 Å². The third kappa shape index (κ3) is 3.45. The Hall–Kier alpha value is -0.0800. The molecule has 1 N–H and O–H groups in total. The standard InChI is InChI=1S/C15H30N2/c1-3-6-14-7-4-5-12-17(14)15-10-8-13(16-2)9-11-15/h13-16H,3-12H2,1-2H3. The summed E-state index contributed by atoms with van der Waals surface area (Å²) >= 11 is 0. The van der Waals surface area contributed by atoms with E-state index in [1.165, 1.54) is 64.3 Å². The number of hydrogen-bond donors (Lipinski definition) is 1. The van der Waals surface area contributed by atoms with E-state index in [-0.39, 0.29) is 0 Å². The first kappa shape index (κ1) is 13.4. The summed E-state index contributed by atoms with van der Waals surface area (Å²) in [6.45, 7) is 3.71. The van der Waals surface area contributed by atoms with Crippen LogP contribution in [0.4, 0.5) is 0 Å². The summed E-state index contributed by atoms with van der Waals surface area (Å²) in [7, 11) is 2.12. The zero-order chi connectivity index (χ0) is 12.1. The molecule has 1 saturated carbocycles. The molecular formula is C15H30N2. The van der Waals surface area contributed by atoms with Crippen molar-refractivity contribution >= 4 is 0 Å². The predicted octanol–water partition coefficient (Wildman–Crippen LogP) is 3.17. The molecule has 2 nitrogen and oxygen atoms in total. The first-order chi connectivity index (χ1) is 8.35. The van der Waals surface area contributed by atoms with E-state index in [1.54, 1.807) is 0 Å². The number of nitrogens with one attached hydrogen (secondary N) is 1. The van der Waals surface area contributed by atoms with Crippen molar-refractivity contribution in [3.63, 3.8) is 0 Å². The molecule has 2 aliphatic rings. The Kier molecular flexibility index (Phi) is 5.30. The summed E-state index contributed by atoms with van der Waals surface area (Å²) in [4.78, 5) is 2.87.